The van der Waals surface area contributed by atoms with E-state index in [9.17, 15) is 32.7 Å². The maximum atomic E-state index is 14.0. The smallest absolute Gasteiger partial charge is 0.408 e. The number of rotatable bonds is 12. The van der Waals surface area contributed by atoms with Crippen molar-refractivity contribution < 1.29 is 46.9 Å². The number of hydrogen-bond donors (Lipinski definition) is 4. The van der Waals surface area contributed by atoms with E-state index in [1.807, 2.05) is 0 Å². The number of aliphatic hydroxyl groups is 1. The van der Waals surface area contributed by atoms with Crippen LogP contribution in [0.3, 0.4) is 0 Å². The average molecular weight is 702 g/mol. The molecule has 3 fully saturated rings. The van der Waals surface area contributed by atoms with E-state index in [2.05, 4.69) is 26.9 Å². The predicted octanol–water partition coefficient (Wildman–Crippen LogP) is 1.54. The van der Waals surface area contributed by atoms with Gasteiger partial charge in [0.15, 0.2) is 0 Å². The summed E-state index contributed by atoms with van der Waals surface area (Å²) in [7, 11) is -2.37. The molecule has 6 atom stereocenters. The Bertz CT molecular complexity index is 1760. The second-order valence-electron chi connectivity index (χ2n) is 13.7. The Kier molecular flexibility index (Phi) is 9.85. The molecule has 2 saturated carbocycles. The summed E-state index contributed by atoms with van der Waals surface area (Å²) < 4.78 is 44.2. The van der Waals surface area contributed by atoms with Gasteiger partial charge in [-0.3, -0.25) is 19.1 Å². The number of likely N-dealkylation sites (tertiary alicyclic amines) is 1. The third-order valence-corrected chi connectivity index (χ3v) is 10.6. The van der Waals surface area contributed by atoms with Crippen LogP contribution in [0.15, 0.2) is 43.1 Å². The number of amides is 4. The first-order chi connectivity index (χ1) is 23.0. The fourth-order valence-corrected chi connectivity index (χ4v) is 7.27. The maximum Gasteiger partial charge on any atom is 0.408 e. The lowest BCUT2D eigenvalue weighted by Crippen LogP contribution is -2.60. The molecule has 0 unspecified atom stereocenters. The van der Waals surface area contributed by atoms with Gasteiger partial charge in [0, 0.05) is 23.9 Å². The van der Waals surface area contributed by atoms with Gasteiger partial charge in [0.2, 0.25) is 27.7 Å². The van der Waals surface area contributed by atoms with Gasteiger partial charge in [-0.05, 0) is 76.6 Å². The Morgan fingerprint density at radius 1 is 1.18 bits per heavy atom. The van der Waals surface area contributed by atoms with E-state index in [0.717, 1.165) is 5.39 Å². The van der Waals surface area contributed by atoms with Crippen LogP contribution in [-0.4, -0.2) is 102 Å². The number of sulfonamides is 1. The highest BCUT2D eigenvalue weighted by atomic mass is 32.2. The zero-order chi connectivity index (χ0) is 35.9. The molecular weight excluding hydrogens is 658 g/mol. The first-order valence-corrected chi connectivity index (χ1v) is 17.6. The number of carbonyl (C=O) groups is 4. The standard InChI is InChI=1S/C33H43N5O10S/c1-7-20-16-33(20,30(42)37-49(44,45)23-9-10-23)36-27(40)25-15-22(47-28-24-11-8-21(46-6)14-19(24)12-13-34-28)17-38(25)29(41)26(18(2)39)35-31(43)48-32(3,4)5/h7-8,11-14,18,20,22-23,25-26,39H,1,9-10,15-17H2,2-6H3,(H,35,43)(H,36,40)(H,37,42)/t18-,20-,22+,25+,26-,33-/m0/s1. The Labute approximate surface area is 284 Å². The summed E-state index contributed by atoms with van der Waals surface area (Å²) in [4.78, 5) is 59.6. The first-order valence-electron chi connectivity index (χ1n) is 16.1. The van der Waals surface area contributed by atoms with Gasteiger partial charge in [-0.25, -0.2) is 18.2 Å². The third-order valence-electron chi connectivity index (χ3n) is 8.73. The van der Waals surface area contributed by atoms with E-state index >= 15 is 0 Å². The number of methoxy groups -OCH3 is 1. The number of aliphatic hydroxyl groups excluding tert-OH is 1. The van der Waals surface area contributed by atoms with Crippen LogP contribution in [0, 0.1) is 5.92 Å². The summed E-state index contributed by atoms with van der Waals surface area (Å²) in [5, 5.41) is 16.5. The van der Waals surface area contributed by atoms with Crippen LogP contribution in [0.4, 0.5) is 4.79 Å². The van der Waals surface area contributed by atoms with Gasteiger partial charge in [0.05, 0.1) is 25.0 Å². The van der Waals surface area contributed by atoms with E-state index in [1.165, 1.54) is 17.9 Å². The van der Waals surface area contributed by atoms with Crippen molar-refractivity contribution in [1.82, 2.24) is 25.2 Å². The summed E-state index contributed by atoms with van der Waals surface area (Å²) >= 11 is 0. The van der Waals surface area contributed by atoms with E-state index < -0.39 is 80.4 Å². The van der Waals surface area contributed by atoms with Crippen LogP contribution in [0.5, 0.6) is 11.6 Å². The molecule has 4 amide bonds. The highest BCUT2D eigenvalue weighted by Gasteiger charge is 2.62. The van der Waals surface area contributed by atoms with Crippen molar-refractivity contribution in [2.45, 2.75) is 94.1 Å². The van der Waals surface area contributed by atoms with Crippen molar-refractivity contribution in [3.63, 3.8) is 0 Å². The van der Waals surface area contributed by atoms with Gasteiger partial charge in [0.25, 0.3) is 5.91 Å². The highest BCUT2D eigenvalue weighted by molar-refractivity contribution is 7.91. The van der Waals surface area contributed by atoms with Crippen LogP contribution in [0.2, 0.25) is 0 Å². The molecule has 2 aromatic rings. The number of alkyl carbamates (subject to hydrolysis) is 1. The van der Waals surface area contributed by atoms with Crippen LogP contribution in [0.1, 0.15) is 53.4 Å². The minimum Gasteiger partial charge on any atom is -0.497 e. The number of nitrogens with zero attached hydrogens (tertiary/aromatic N) is 2. The Balaban J connectivity index is 1.42. The number of nitrogens with one attached hydrogen (secondary N) is 3. The molecule has 1 aromatic heterocycles. The Morgan fingerprint density at radius 2 is 1.90 bits per heavy atom. The van der Waals surface area contributed by atoms with Gasteiger partial charge in [0.1, 0.15) is 35.1 Å². The molecule has 3 aliphatic rings. The van der Waals surface area contributed by atoms with Gasteiger partial charge in [-0.1, -0.05) is 6.08 Å². The molecule has 1 aromatic carbocycles. The number of hydrogen-bond acceptors (Lipinski definition) is 11. The normalized spacial score (nSPS) is 24.7. The molecule has 4 N–H and O–H groups in total. The lowest BCUT2D eigenvalue weighted by molar-refractivity contribution is -0.142. The molecule has 2 heterocycles. The van der Waals surface area contributed by atoms with E-state index in [0.29, 0.717) is 24.0 Å². The van der Waals surface area contributed by atoms with Crippen LogP contribution >= 0.6 is 0 Å². The first kappa shape index (κ1) is 35.9. The molecule has 1 saturated heterocycles. The average Bonchev–Trinajstić information content (AvgIpc) is 3.95. The molecule has 5 rings (SSSR count). The fraction of sp³-hybridized carbons (Fsp3) is 0.545. The lowest BCUT2D eigenvalue weighted by atomic mass is 10.1. The molecular formula is C33H43N5O10S. The molecule has 16 heteroatoms. The molecule has 266 valence electrons. The second-order valence-corrected chi connectivity index (χ2v) is 15.7. The number of fused-ring (bicyclic) bond motifs is 1. The zero-order valence-corrected chi connectivity index (χ0v) is 28.9. The second kappa shape index (κ2) is 13.5. The van der Waals surface area contributed by atoms with Gasteiger partial charge >= 0.3 is 6.09 Å². The number of ether oxygens (including phenoxy) is 3. The van der Waals surface area contributed by atoms with E-state index in [-0.39, 0.29) is 25.3 Å². The third kappa shape index (κ3) is 7.90. The molecule has 0 radical (unpaired) electrons. The Morgan fingerprint density at radius 3 is 2.49 bits per heavy atom. The summed E-state index contributed by atoms with van der Waals surface area (Å²) in [6.45, 7) is 9.81. The molecule has 0 spiro atoms. The van der Waals surface area contributed by atoms with Crippen molar-refractivity contribution in [1.29, 1.82) is 0 Å². The summed E-state index contributed by atoms with van der Waals surface area (Å²) in [5.74, 6) is -2.12. The minimum atomic E-state index is -3.92. The number of benzene rings is 1. The maximum absolute atomic E-state index is 14.0. The summed E-state index contributed by atoms with van der Waals surface area (Å²) in [6, 6.07) is 4.35. The number of pyridine rings is 1. The highest BCUT2D eigenvalue weighted by Crippen LogP contribution is 2.45. The molecule has 49 heavy (non-hydrogen) atoms. The SMILES string of the molecule is C=C[C@H]1C[C@@]1(NC(=O)[C@H]1C[C@@H](Oc2nccc3cc(OC)ccc23)CN1C(=O)[C@@H](NC(=O)OC(C)(C)C)[C@H](C)O)C(=O)NS(=O)(=O)C1CC1. The number of aromatic nitrogens is 1. The van der Waals surface area contributed by atoms with Gasteiger partial charge < -0.3 is 34.9 Å². The van der Waals surface area contributed by atoms with Crippen LogP contribution in [-0.2, 0) is 29.1 Å². The fourth-order valence-electron chi connectivity index (χ4n) is 5.90. The lowest BCUT2D eigenvalue weighted by Gasteiger charge is -2.31. The summed E-state index contributed by atoms with van der Waals surface area (Å²) in [5.41, 5.74) is -2.49. The zero-order valence-electron chi connectivity index (χ0n) is 28.1. The van der Waals surface area contributed by atoms with Crippen molar-refractivity contribution in [3.8, 4) is 11.6 Å². The largest absolute Gasteiger partial charge is 0.497 e. The topological polar surface area (TPSA) is 203 Å². The molecule has 0 bridgehead atoms. The quantitative estimate of drug-likeness (QED) is 0.234. The van der Waals surface area contributed by atoms with Crippen LogP contribution < -0.4 is 24.8 Å². The van der Waals surface area contributed by atoms with Crippen molar-refractivity contribution in [2.75, 3.05) is 13.7 Å². The van der Waals surface area contributed by atoms with Crippen LogP contribution in [0.25, 0.3) is 10.8 Å². The predicted molar refractivity (Wildman–Crippen MR) is 177 cm³/mol. The molecule has 15 nitrogen and oxygen atoms in total. The number of carbonyl (C=O) groups excluding carboxylic acids is 4. The van der Waals surface area contributed by atoms with Crippen molar-refractivity contribution in [3.05, 3.63) is 43.1 Å². The molecule has 1 aliphatic heterocycles. The van der Waals surface area contributed by atoms with Crippen molar-refractivity contribution in [2.24, 2.45) is 5.92 Å². The summed E-state index contributed by atoms with van der Waals surface area (Å²) in [6.07, 6.45) is 0.812. The van der Waals surface area contributed by atoms with E-state index in [1.54, 1.807) is 58.3 Å². The van der Waals surface area contributed by atoms with E-state index in [4.69, 9.17) is 14.2 Å². The monoisotopic (exact) mass is 701 g/mol. The van der Waals surface area contributed by atoms with Crippen molar-refractivity contribution >= 4 is 44.6 Å². The van der Waals surface area contributed by atoms with Gasteiger partial charge in [-0.15, -0.1) is 6.58 Å². The minimum absolute atomic E-state index is 0.0540. The van der Waals surface area contributed by atoms with Gasteiger partial charge in [-0.2, -0.15) is 0 Å². The Hall–Kier alpha value is -4.44. The molecule has 2 aliphatic carbocycles.